The monoisotopic (exact) mass is 411 g/mol. The van der Waals surface area contributed by atoms with E-state index < -0.39 is 10.0 Å². The second kappa shape index (κ2) is 8.39. The third-order valence-electron chi connectivity index (χ3n) is 5.40. The number of para-hydroxylation sites is 1. The lowest BCUT2D eigenvalue weighted by Gasteiger charge is -2.26. The fourth-order valence-corrected chi connectivity index (χ4v) is 5.37. The van der Waals surface area contributed by atoms with Gasteiger partial charge in [-0.15, -0.1) is 0 Å². The molecule has 0 atom stereocenters. The number of carbonyl (C=O) groups is 1. The normalized spacial score (nSPS) is 15.4. The van der Waals surface area contributed by atoms with Gasteiger partial charge in [0.2, 0.25) is 10.0 Å². The van der Waals surface area contributed by atoms with Gasteiger partial charge in [0.15, 0.2) is 0 Å². The van der Waals surface area contributed by atoms with Crippen molar-refractivity contribution in [3.8, 4) is 0 Å². The van der Waals surface area contributed by atoms with Crippen molar-refractivity contribution < 1.29 is 13.2 Å². The second-order valence-corrected chi connectivity index (χ2v) is 9.30. The molecule has 1 fully saturated rings. The Bertz CT molecular complexity index is 1120. The molecule has 1 saturated heterocycles. The van der Waals surface area contributed by atoms with Gasteiger partial charge in [0.05, 0.1) is 4.90 Å². The summed E-state index contributed by atoms with van der Waals surface area (Å²) in [5.41, 5.74) is 2.58. The van der Waals surface area contributed by atoms with Crippen molar-refractivity contribution in [3.05, 3.63) is 65.9 Å². The molecule has 152 valence electrons. The van der Waals surface area contributed by atoms with Gasteiger partial charge >= 0.3 is 0 Å². The summed E-state index contributed by atoms with van der Waals surface area (Å²) in [6.45, 7) is 1.57. The number of rotatable bonds is 6. The topological polar surface area (TPSA) is 82.3 Å². The van der Waals surface area contributed by atoms with Crippen LogP contribution in [0.4, 0.5) is 0 Å². The number of benzene rings is 2. The van der Waals surface area contributed by atoms with Crippen molar-refractivity contribution in [2.75, 3.05) is 19.6 Å². The number of carbonyl (C=O) groups excluding carboxylic acids is 1. The van der Waals surface area contributed by atoms with E-state index in [1.807, 2.05) is 24.4 Å². The molecular weight excluding hydrogens is 386 g/mol. The van der Waals surface area contributed by atoms with Crippen molar-refractivity contribution in [1.82, 2.24) is 14.6 Å². The smallest absolute Gasteiger partial charge is 0.251 e. The predicted molar refractivity (Wildman–Crippen MR) is 113 cm³/mol. The Balaban J connectivity index is 1.42. The second-order valence-electron chi connectivity index (χ2n) is 7.36. The predicted octanol–water partition coefficient (Wildman–Crippen LogP) is 3.32. The Morgan fingerprint density at radius 3 is 2.66 bits per heavy atom. The van der Waals surface area contributed by atoms with E-state index in [1.165, 1.54) is 10.4 Å². The maximum Gasteiger partial charge on any atom is 0.251 e. The minimum absolute atomic E-state index is 0.184. The van der Waals surface area contributed by atoms with Crippen LogP contribution in [0.15, 0.2) is 59.6 Å². The molecule has 2 heterocycles. The van der Waals surface area contributed by atoms with Crippen LogP contribution in [0, 0.1) is 0 Å². The van der Waals surface area contributed by atoms with Crippen molar-refractivity contribution in [2.24, 2.45) is 0 Å². The molecule has 29 heavy (non-hydrogen) atoms. The molecule has 0 spiro atoms. The fourth-order valence-electron chi connectivity index (χ4n) is 3.80. The highest BCUT2D eigenvalue weighted by molar-refractivity contribution is 7.89. The number of hydrogen-bond acceptors (Lipinski definition) is 3. The SMILES string of the molecule is O=C(NCCc1c[nH]c2ccccc12)c1cccc(S(=O)(=O)N2CCCCC2)c1. The Morgan fingerprint density at radius 2 is 1.83 bits per heavy atom. The molecule has 3 aromatic rings. The van der Waals surface area contributed by atoms with Crippen molar-refractivity contribution in [2.45, 2.75) is 30.6 Å². The van der Waals surface area contributed by atoms with Crippen LogP contribution in [-0.2, 0) is 16.4 Å². The molecule has 4 rings (SSSR count). The fraction of sp³-hybridized carbons (Fsp3) is 0.318. The number of piperidine rings is 1. The van der Waals surface area contributed by atoms with Crippen molar-refractivity contribution >= 4 is 26.8 Å². The number of nitrogens with zero attached hydrogens (tertiary/aromatic N) is 1. The van der Waals surface area contributed by atoms with Crippen LogP contribution in [-0.4, -0.2) is 43.2 Å². The molecule has 1 aliphatic rings. The number of hydrogen-bond donors (Lipinski definition) is 2. The van der Waals surface area contributed by atoms with E-state index in [4.69, 9.17) is 0 Å². The molecule has 2 N–H and O–H groups in total. The van der Waals surface area contributed by atoms with Gasteiger partial charge < -0.3 is 10.3 Å². The summed E-state index contributed by atoms with van der Waals surface area (Å²) in [5.74, 6) is -0.263. The molecule has 2 aromatic carbocycles. The lowest BCUT2D eigenvalue weighted by molar-refractivity contribution is 0.0954. The van der Waals surface area contributed by atoms with Gasteiger partial charge in [-0.1, -0.05) is 30.7 Å². The Morgan fingerprint density at radius 1 is 1.03 bits per heavy atom. The van der Waals surface area contributed by atoms with Crippen LogP contribution >= 0.6 is 0 Å². The number of aromatic amines is 1. The van der Waals surface area contributed by atoms with E-state index in [-0.39, 0.29) is 10.8 Å². The first-order valence-corrected chi connectivity index (χ1v) is 11.4. The summed E-state index contributed by atoms with van der Waals surface area (Å²) in [7, 11) is -3.55. The van der Waals surface area contributed by atoms with Gasteiger partial charge in [0.1, 0.15) is 0 Å². The Labute approximate surface area is 171 Å². The number of aromatic nitrogens is 1. The molecule has 0 aliphatic carbocycles. The number of fused-ring (bicyclic) bond motifs is 1. The molecule has 0 radical (unpaired) electrons. The maximum atomic E-state index is 12.8. The van der Waals surface area contributed by atoms with Gasteiger partial charge in [-0.2, -0.15) is 4.31 Å². The van der Waals surface area contributed by atoms with E-state index >= 15 is 0 Å². The average molecular weight is 412 g/mol. The molecule has 1 amide bonds. The van der Waals surface area contributed by atoms with Crippen LogP contribution in [0.3, 0.4) is 0 Å². The van der Waals surface area contributed by atoms with E-state index in [9.17, 15) is 13.2 Å². The van der Waals surface area contributed by atoms with Crippen LogP contribution < -0.4 is 5.32 Å². The molecular formula is C22H25N3O3S. The van der Waals surface area contributed by atoms with E-state index in [0.717, 1.165) is 35.7 Å². The number of nitrogens with one attached hydrogen (secondary N) is 2. The van der Waals surface area contributed by atoms with Crippen LogP contribution in [0.25, 0.3) is 10.9 Å². The van der Waals surface area contributed by atoms with Gasteiger partial charge in [-0.3, -0.25) is 4.79 Å². The molecule has 0 unspecified atom stereocenters. The van der Waals surface area contributed by atoms with Crippen LogP contribution in [0.1, 0.15) is 35.2 Å². The zero-order valence-electron chi connectivity index (χ0n) is 16.2. The largest absolute Gasteiger partial charge is 0.361 e. The summed E-state index contributed by atoms with van der Waals surface area (Å²) in [6, 6.07) is 14.4. The number of H-pyrrole nitrogens is 1. The lowest BCUT2D eigenvalue weighted by atomic mass is 10.1. The van der Waals surface area contributed by atoms with Gasteiger partial charge in [-0.05, 0) is 49.1 Å². The summed E-state index contributed by atoms with van der Waals surface area (Å²) in [4.78, 5) is 16.0. The molecule has 0 saturated carbocycles. The standard InChI is InChI=1S/C22H25N3O3S/c26-22(23-12-11-18-16-24-21-10-3-2-9-20(18)21)17-7-6-8-19(15-17)29(27,28)25-13-4-1-5-14-25/h2-3,6-10,15-16,24H,1,4-5,11-14H2,(H,23,26). The van der Waals surface area contributed by atoms with E-state index in [0.29, 0.717) is 31.6 Å². The maximum absolute atomic E-state index is 12.8. The minimum atomic E-state index is -3.55. The summed E-state index contributed by atoms with van der Waals surface area (Å²) in [6.07, 6.45) is 5.48. The molecule has 1 aliphatic heterocycles. The first-order chi connectivity index (χ1) is 14.1. The van der Waals surface area contributed by atoms with Gasteiger partial charge in [0, 0.05) is 42.3 Å². The first kappa shape index (κ1) is 19.7. The first-order valence-electron chi connectivity index (χ1n) is 9.99. The molecule has 1 aromatic heterocycles. The average Bonchev–Trinajstić information content (AvgIpc) is 3.17. The zero-order valence-corrected chi connectivity index (χ0v) is 17.0. The highest BCUT2D eigenvalue weighted by atomic mass is 32.2. The summed E-state index contributed by atoms with van der Waals surface area (Å²) < 4.78 is 27.2. The molecule has 0 bridgehead atoms. The third-order valence-corrected chi connectivity index (χ3v) is 7.30. The summed E-state index contributed by atoms with van der Waals surface area (Å²) >= 11 is 0. The van der Waals surface area contributed by atoms with E-state index in [2.05, 4.69) is 16.4 Å². The number of amides is 1. The van der Waals surface area contributed by atoms with Crippen molar-refractivity contribution in [1.29, 1.82) is 0 Å². The Kier molecular flexibility index (Phi) is 5.69. The number of sulfonamides is 1. The van der Waals surface area contributed by atoms with Crippen LogP contribution in [0.2, 0.25) is 0 Å². The lowest BCUT2D eigenvalue weighted by Crippen LogP contribution is -2.35. The van der Waals surface area contributed by atoms with Crippen molar-refractivity contribution in [3.63, 3.8) is 0 Å². The highest BCUT2D eigenvalue weighted by Gasteiger charge is 2.26. The molecule has 7 heteroatoms. The Hall–Kier alpha value is -2.64. The summed E-state index contributed by atoms with van der Waals surface area (Å²) in [5, 5.41) is 4.05. The minimum Gasteiger partial charge on any atom is -0.361 e. The quantitative estimate of drug-likeness (QED) is 0.653. The van der Waals surface area contributed by atoms with E-state index in [1.54, 1.807) is 18.2 Å². The highest BCUT2D eigenvalue weighted by Crippen LogP contribution is 2.21. The van der Waals surface area contributed by atoms with Gasteiger partial charge in [-0.25, -0.2) is 8.42 Å². The zero-order chi connectivity index (χ0) is 20.3. The van der Waals surface area contributed by atoms with Crippen LogP contribution in [0.5, 0.6) is 0 Å². The molecule has 6 nitrogen and oxygen atoms in total. The van der Waals surface area contributed by atoms with Gasteiger partial charge in [0.25, 0.3) is 5.91 Å². The third kappa shape index (κ3) is 4.21.